The van der Waals surface area contributed by atoms with Crippen LogP contribution in [0.3, 0.4) is 0 Å². The molecule has 63 heavy (non-hydrogen) atoms. The Kier molecular flexibility index (Phi) is 7.87. The topological polar surface area (TPSA) is 61.8 Å². The molecule has 4 heterocycles. The Labute approximate surface area is 362 Å². The molecule has 6 heteroatoms. The molecule has 12 aromatic rings. The molecule has 1 unspecified atom stereocenters. The maximum absolute atomic E-state index is 6.65. The predicted molar refractivity (Wildman–Crippen MR) is 260 cm³/mol. The van der Waals surface area contributed by atoms with E-state index >= 15 is 0 Å². The summed E-state index contributed by atoms with van der Waals surface area (Å²) in [7, 11) is 0. The van der Waals surface area contributed by atoms with Gasteiger partial charge in [-0.2, -0.15) is 0 Å². The van der Waals surface area contributed by atoms with Gasteiger partial charge in [-0.15, -0.1) is 0 Å². The summed E-state index contributed by atoms with van der Waals surface area (Å²) < 4.78 is 11.4. The molecular weight excluding hydrogens is 771 g/mol. The van der Waals surface area contributed by atoms with Crippen molar-refractivity contribution in [3.8, 4) is 22.5 Å². The summed E-state index contributed by atoms with van der Waals surface area (Å²) in [4.78, 5) is 10.1. The van der Waals surface area contributed by atoms with E-state index in [4.69, 9.17) is 19.7 Å². The van der Waals surface area contributed by atoms with E-state index < -0.39 is 6.17 Å². The van der Waals surface area contributed by atoms with Gasteiger partial charge in [-0.05, 0) is 101 Å². The molecule has 0 fully saturated rings. The van der Waals surface area contributed by atoms with Crippen LogP contribution >= 0.6 is 0 Å². The van der Waals surface area contributed by atoms with Crippen LogP contribution in [0.4, 0.5) is 0 Å². The number of hydrogen-bond acceptors (Lipinski definition) is 3. The van der Waals surface area contributed by atoms with E-state index in [1.165, 1.54) is 32.6 Å². The van der Waals surface area contributed by atoms with Crippen molar-refractivity contribution < 1.29 is 4.42 Å². The second-order valence-corrected chi connectivity index (χ2v) is 16.1. The number of aliphatic imine (C=N–C) groups is 2. The predicted octanol–water partition coefficient (Wildman–Crippen LogP) is 14.7. The van der Waals surface area contributed by atoms with Gasteiger partial charge in [-0.3, -0.25) is 4.99 Å². The van der Waals surface area contributed by atoms with Crippen molar-refractivity contribution in [2.45, 2.75) is 6.17 Å². The number of rotatable bonds is 6. The first-order chi connectivity index (χ1) is 31.2. The zero-order chi connectivity index (χ0) is 41.4. The fraction of sp³-hybridized carbons (Fsp3) is 0.0175. The van der Waals surface area contributed by atoms with Gasteiger partial charge in [0.05, 0.1) is 39.5 Å². The SMILES string of the molecule is c1ccc(C2=NC(c3ccc(-n4c5ccccc5c5ccc6oc7ccc(-c8ccc9c(c8)c8ccccc8n9-c8ccccc8)cc7c6c54)cc3)=NC(c3ccccc3)[N-]2)cc1. The number of aromatic nitrogens is 2. The lowest BCUT2D eigenvalue weighted by Gasteiger charge is -2.32. The zero-order valence-corrected chi connectivity index (χ0v) is 33.9. The smallest absolute Gasteiger partial charge is 0.137 e. The summed E-state index contributed by atoms with van der Waals surface area (Å²) >= 11 is 0. The van der Waals surface area contributed by atoms with Crippen molar-refractivity contribution in [1.82, 2.24) is 9.13 Å². The molecule has 0 N–H and O–H groups in total. The van der Waals surface area contributed by atoms with Crippen molar-refractivity contribution in [3.05, 3.63) is 234 Å². The van der Waals surface area contributed by atoms with Crippen LogP contribution in [-0.4, -0.2) is 20.8 Å². The van der Waals surface area contributed by atoms with Gasteiger partial charge in [0, 0.05) is 38.3 Å². The highest BCUT2D eigenvalue weighted by Gasteiger charge is 2.21. The summed E-state index contributed by atoms with van der Waals surface area (Å²) in [6.45, 7) is 0. The number of furan rings is 1. The molecule has 0 spiro atoms. The van der Waals surface area contributed by atoms with Gasteiger partial charge in [-0.25, -0.2) is 0 Å². The molecule has 1 aliphatic rings. The van der Waals surface area contributed by atoms with E-state index in [0.29, 0.717) is 11.7 Å². The molecule has 9 aromatic carbocycles. The first-order valence-electron chi connectivity index (χ1n) is 21.3. The third kappa shape index (κ3) is 5.65. The Morgan fingerprint density at radius 1 is 0.413 bits per heavy atom. The van der Waals surface area contributed by atoms with Crippen LogP contribution < -0.4 is 0 Å². The highest BCUT2D eigenvalue weighted by atomic mass is 16.3. The molecule has 1 atom stereocenters. The molecule has 0 aliphatic carbocycles. The monoisotopic (exact) mass is 806 g/mol. The summed E-state index contributed by atoms with van der Waals surface area (Å²) in [5.74, 6) is 1.33. The Morgan fingerprint density at radius 3 is 1.75 bits per heavy atom. The number of amidine groups is 2. The number of hydrogen-bond donors (Lipinski definition) is 0. The summed E-state index contributed by atoms with van der Waals surface area (Å²) in [5, 5.41) is 12.0. The van der Waals surface area contributed by atoms with Gasteiger partial charge in [-0.1, -0.05) is 145 Å². The van der Waals surface area contributed by atoms with Crippen molar-refractivity contribution in [1.29, 1.82) is 0 Å². The van der Waals surface area contributed by atoms with E-state index in [1.54, 1.807) is 0 Å². The Morgan fingerprint density at radius 2 is 0.984 bits per heavy atom. The third-order valence-electron chi connectivity index (χ3n) is 12.5. The quantitative estimate of drug-likeness (QED) is 0.165. The maximum atomic E-state index is 6.65. The summed E-state index contributed by atoms with van der Waals surface area (Å²) in [5.41, 5.74) is 13.7. The lowest BCUT2D eigenvalue weighted by Crippen LogP contribution is -2.15. The van der Waals surface area contributed by atoms with Crippen molar-refractivity contribution >= 4 is 77.2 Å². The Bertz CT molecular complexity index is 3800. The van der Waals surface area contributed by atoms with Gasteiger partial charge in [0.25, 0.3) is 0 Å². The third-order valence-corrected chi connectivity index (χ3v) is 12.5. The Balaban J connectivity index is 0.962. The van der Waals surface area contributed by atoms with Gasteiger partial charge >= 0.3 is 0 Å². The van der Waals surface area contributed by atoms with Crippen molar-refractivity contribution in [3.63, 3.8) is 0 Å². The van der Waals surface area contributed by atoms with E-state index in [1.807, 2.05) is 48.5 Å². The Hall–Kier alpha value is -8.48. The van der Waals surface area contributed by atoms with Crippen molar-refractivity contribution in [2.75, 3.05) is 0 Å². The molecule has 6 nitrogen and oxygen atoms in total. The minimum absolute atomic E-state index is 0.393. The second-order valence-electron chi connectivity index (χ2n) is 16.1. The van der Waals surface area contributed by atoms with Crippen LogP contribution in [0.25, 0.3) is 93.4 Å². The van der Waals surface area contributed by atoms with E-state index in [9.17, 15) is 0 Å². The molecule has 0 radical (unpaired) electrons. The highest BCUT2D eigenvalue weighted by Crippen LogP contribution is 2.43. The lowest BCUT2D eigenvalue weighted by atomic mass is 10.00. The standard InChI is InChI=1S/C57H36N5O/c1-4-14-36(15-5-1)55-58-56(37-16-6-2-7-17-37)60-57(59-55)38-24-28-42(29-25-38)62-49-23-13-10-20-43(49)45-30-33-52-53(54(45)62)47-35-40(27-32-51(47)63-52)39-26-31-50-46(34-39)44-21-11-12-22-48(44)61(50)41-18-8-3-9-19-41/h1-35,55H/q-1. The van der Waals surface area contributed by atoms with Crippen molar-refractivity contribution in [2.24, 2.45) is 9.98 Å². The molecule has 13 rings (SSSR count). The molecule has 0 saturated carbocycles. The van der Waals surface area contributed by atoms with Crippen LogP contribution in [0.1, 0.15) is 22.9 Å². The van der Waals surface area contributed by atoms with E-state index in [-0.39, 0.29) is 0 Å². The fourth-order valence-corrected chi connectivity index (χ4v) is 9.59. The number of para-hydroxylation sites is 3. The summed E-state index contributed by atoms with van der Waals surface area (Å²) in [6.07, 6.45) is -0.393. The summed E-state index contributed by atoms with van der Waals surface area (Å²) in [6, 6.07) is 74.7. The fourth-order valence-electron chi connectivity index (χ4n) is 9.59. The van der Waals surface area contributed by atoms with E-state index in [2.05, 4.69) is 173 Å². The van der Waals surface area contributed by atoms with E-state index in [0.717, 1.165) is 72.2 Å². The van der Waals surface area contributed by atoms with Crippen LogP contribution in [-0.2, 0) is 0 Å². The maximum Gasteiger partial charge on any atom is 0.137 e. The average molecular weight is 807 g/mol. The van der Waals surface area contributed by atoms with Crippen LogP contribution in [0.5, 0.6) is 0 Å². The normalized spacial score (nSPS) is 14.2. The van der Waals surface area contributed by atoms with Crippen LogP contribution in [0.15, 0.2) is 227 Å². The molecule has 0 amide bonds. The molecule has 0 bridgehead atoms. The largest absolute Gasteiger partial charge is 0.456 e. The van der Waals surface area contributed by atoms with Gasteiger partial charge in [0.15, 0.2) is 0 Å². The number of fused-ring (bicyclic) bond motifs is 10. The first-order valence-corrected chi connectivity index (χ1v) is 21.3. The zero-order valence-electron chi connectivity index (χ0n) is 33.9. The molecular formula is C57H36N5O-. The lowest BCUT2D eigenvalue weighted by molar-refractivity contribution is 0.669. The molecule has 0 saturated heterocycles. The van der Waals surface area contributed by atoms with Gasteiger partial charge in [0.2, 0.25) is 0 Å². The highest BCUT2D eigenvalue weighted by molar-refractivity contribution is 6.25. The minimum atomic E-state index is -0.393. The molecule has 3 aromatic heterocycles. The molecule has 1 aliphatic heterocycles. The molecule has 296 valence electrons. The second kappa shape index (κ2) is 14.0. The number of benzene rings is 9. The number of nitrogens with zero attached hydrogens (tertiary/aromatic N) is 5. The van der Waals surface area contributed by atoms with Gasteiger partial charge in [0.1, 0.15) is 11.2 Å². The van der Waals surface area contributed by atoms with Crippen LogP contribution in [0.2, 0.25) is 0 Å². The minimum Gasteiger partial charge on any atom is -0.456 e. The average Bonchev–Trinajstić information content (AvgIpc) is 4.02. The first kappa shape index (κ1) is 35.3. The van der Waals surface area contributed by atoms with Crippen LogP contribution in [0, 0.1) is 0 Å². The van der Waals surface area contributed by atoms with Gasteiger partial charge < -0.3 is 23.9 Å².